The summed E-state index contributed by atoms with van der Waals surface area (Å²) < 4.78 is 0. The summed E-state index contributed by atoms with van der Waals surface area (Å²) in [5, 5.41) is 7.45. The molecule has 0 unspecified atom stereocenters. The van der Waals surface area contributed by atoms with Crippen LogP contribution in [0.4, 0.5) is 0 Å². The third kappa shape index (κ3) is 3.51. The minimum Gasteiger partial charge on any atom is -0.359 e. The van der Waals surface area contributed by atoms with Crippen LogP contribution in [0, 0.1) is 13.8 Å². The molecule has 0 saturated carbocycles. The van der Waals surface area contributed by atoms with Gasteiger partial charge >= 0.3 is 0 Å². The predicted octanol–water partition coefficient (Wildman–Crippen LogP) is 1.49. The smallest absolute Gasteiger partial charge is 0.273 e. The summed E-state index contributed by atoms with van der Waals surface area (Å²) in [6, 6.07) is 0. The van der Waals surface area contributed by atoms with Crippen LogP contribution in [0.2, 0.25) is 0 Å². The van der Waals surface area contributed by atoms with Crippen molar-refractivity contribution in [3.63, 3.8) is 0 Å². The number of carbonyl (C=O) groups is 1. The quantitative estimate of drug-likeness (QED) is 0.549. The molecule has 7 heteroatoms. The average Bonchev–Trinajstić information content (AvgIpc) is 3.11. The molecule has 0 spiro atoms. The SMILES string of the molecule is CCNCCc1c(C)[nH]c(C=C2C(=O)NN=C2c2cnccn2)c1C. The van der Waals surface area contributed by atoms with E-state index in [1.807, 2.05) is 6.08 Å². The zero-order chi connectivity index (χ0) is 17.8. The van der Waals surface area contributed by atoms with Crippen molar-refractivity contribution in [2.75, 3.05) is 13.1 Å². The van der Waals surface area contributed by atoms with Gasteiger partial charge in [-0.3, -0.25) is 14.8 Å². The highest BCUT2D eigenvalue weighted by Crippen LogP contribution is 2.23. The van der Waals surface area contributed by atoms with Crippen LogP contribution in [0.1, 0.15) is 35.1 Å². The monoisotopic (exact) mass is 338 g/mol. The number of hydrazone groups is 1. The molecule has 0 atom stereocenters. The number of hydrogen-bond donors (Lipinski definition) is 3. The van der Waals surface area contributed by atoms with Crippen molar-refractivity contribution >= 4 is 17.7 Å². The number of aromatic amines is 1. The summed E-state index contributed by atoms with van der Waals surface area (Å²) in [5.41, 5.74) is 8.56. The van der Waals surface area contributed by atoms with Crippen molar-refractivity contribution in [1.29, 1.82) is 0 Å². The Balaban J connectivity index is 1.93. The fraction of sp³-hybridized carbons (Fsp3) is 0.333. The highest BCUT2D eigenvalue weighted by Gasteiger charge is 2.25. The molecule has 1 amide bonds. The van der Waals surface area contributed by atoms with E-state index in [2.05, 4.69) is 51.6 Å². The molecule has 0 fully saturated rings. The molecule has 0 saturated heterocycles. The number of hydrogen-bond acceptors (Lipinski definition) is 5. The molecule has 1 aliphatic heterocycles. The van der Waals surface area contributed by atoms with Crippen LogP contribution in [-0.4, -0.2) is 39.7 Å². The van der Waals surface area contributed by atoms with E-state index in [4.69, 9.17) is 0 Å². The highest BCUT2D eigenvalue weighted by atomic mass is 16.2. The number of likely N-dealkylation sites (N-methyl/N-ethyl adjacent to an activating group) is 1. The molecule has 7 nitrogen and oxygen atoms in total. The maximum absolute atomic E-state index is 12.2. The fourth-order valence-corrected chi connectivity index (χ4v) is 2.95. The van der Waals surface area contributed by atoms with E-state index < -0.39 is 0 Å². The van der Waals surface area contributed by atoms with Crippen LogP contribution in [-0.2, 0) is 11.2 Å². The lowest BCUT2D eigenvalue weighted by Crippen LogP contribution is -2.16. The van der Waals surface area contributed by atoms with Gasteiger partial charge in [0.05, 0.1) is 11.8 Å². The van der Waals surface area contributed by atoms with E-state index >= 15 is 0 Å². The van der Waals surface area contributed by atoms with Crippen molar-refractivity contribution in [2.45, 2.75) is 27.2 Å². The number of H-pyrrole nitrogens is 1. The third-order valence-electron chi connectivity index (χ3n) is 4.30. The summed E-state index contributed by atoms with van der Waals surface area (Å²) in [6.45, 7) is 8.11. The summed E-state index contributed by atoms with van der Waals surface area (Å²) in [6.07, 6.45) is 7.56. The third-order valence-corrected chi connectivity index (χ3v) is 4.30. The zero-order valence-corrected chi connectivity index (χ0v) is 14.7. The number of aryl methyl sites for hydroxylation is 1. The fourth-order valence-electron chi connectivity index (χ4n) is 2.95. The second-order valence-corrected chi connectivity index (χ2v) is 5.92. The molecule has 0 aromatic carbocycles. The van der Waals surface area contributed by atoms with E-state index in [9.17, 15) is 4.79 Å². The molecular formula is C18H22N6O. The lowest BCUT2D eigenvalue weighted by molar-refractivity contribution is -0.116. The van der Waals surface area contributed by atoms with Gasteiger partial charge in [0.2, 0.25) is 0 Å². The van der Waals surface area contributed by atoms with Crippen LogP contribution in [0.25, 0.3) is 6.08 Å². The number of amides is 1. The first-order chi connectivity index (χ1) is 12.1. The van der Waals surface area contributed by atoms with Crippen molar-refractivity contribution in [3.8, 4) is 0 Å². The average molecular weight is 338 g/mol. The van der Waals surface area contributed by atoms with Gasteiger partial charge in [-0.15, -0.1) is 0 Å². The summed E-state index contributed by atoms with van der Waals surface area (Å²) in [5.74, 6) is -0.235. The van der Waals surface area contributed by atoms with Gasteiger partial charge in [-0.05, 0) is 50.6 Å². The number of nitrogens with zero attached hydrogens (tertiary/aromatic N) is 3. The second-order valence-electron chi connectivity index (χ2n) is 5.92. The number of rotatable bonds is 6. The van der Waals surface area contributed by atoms with E-state index in [-0.39, 0.29) is 5.91 Å². The molecule has 3 rings (SSSR count). The maximum atomic E-state index is 12.2. The molecule has 0 aliphatic carbocycles. The topological polar surface area (TPSA) is 95.1 Å². The molecule has 0 bridgehead atoms. The van der Waals surface area contributed by atoms with Crippen molar-refractivity contribution in [2.24, 2.45) is 5.10 Å². The van der Waals surface area contributed by atoms with Gasteiger partial charge in [-0.1, -0.05) is 6.92 Å². The Hall–Kier alpha value is -2.80. The van der Waals surface area contributed by atoms with E-state index in [0.29, 0.717) is 17.0 Å². The van der Waals surface area contributed by atoms with Gasteiger partial charge < -0.3 is 10.3 Å². The molecular weight excluding hydrogens is 316 g/mol. The van der Waals surface area contributed by atoms with Gasteiger partial charge in [0.15, 0.2) is 0 Å². The summed E-state index contributed by atoms with van der Waals surface area (Å²) in [7, 11) is 0. The van der Waals surface area contributed by atoms with E-state index in [1.54, 1.807) is 18.6 Å². The minimum absolute atomic E-state index is 0.235. The first-order valence-corrected chi connectivity index (χ1v) is 8.37. The molecule has 0 radical (unpaired) electrons. The van der Waals surface area contributed by atoms with Crippen LogP contribution in [0.15, 0.2) is 29.3 Å². The highest BCUT2D eigenvalue weighted by molar-refractivity contribution is 6.32. The Morgan fingerprint density at radius 3 is 2.84 bits per heavy atom. The summed E-state index contributed by atoms with van der Waals surface area (Å²) in [4.78, 5) is 23.9. The zero-order valence-electron chi connectivity index (χ0n) is 14.7. The first-order valence-electron chi connectivity index (χ1n) is 8.37. The lowest BCUT2D eigenvalue weighted by atomic mass is 10.0. The number of aromatic nitrogens is 3. The van der Waals surface area contributed by atoms with E-state index in [1.165, 1.54) is 5.56 Å². The maximum Gasteiger partial charge on any atom is 0.273 e. The Bertz CT molecular complexity index is 835. The van der Waals surface area contributed by atoms with Crippen LogP contribution >= 0.6 is 0 Å². The lowest BCUT2D eigenvalue weighted by Gasteiger charge is -2.03. The Morgan fingerprint density at radius 1 is 1.28 bits per heavy atom. The Labute approximate surface area is 146 Å². The van der Waals surface area contributed by atoms with Crippen molar-refractivity contribution in [3.05, 3.63) is 52.4 Å². The van der Waals surface area contributed by atoms with Crippen molar-refractivity contribution < 1.29 is 4.79 Å². The van der Waals surface area contributed by atoms with Crippen molar-refractivity contribution in [1.82, 2.24) is 25.7 Å². The summed E-state index contributed by atoms with van der Waals surface area (Å²) >= 11 is 0. The first kappa shape index (κ1) is 17.0. The molecule has 25 heavy (non-hydrogen) atoms. The normalized spacial score (nSPS) is 15.6. The molecule has 1 aliphatic rings. The van der Waals surface area contributed by atoms with E-state index in [0.717, 1.165) is 36.5 Å². The predicted molar refractivity (Wildman–Crippen MR) is 97.2 cm³/mol. The van der Waals surface area contributed by atoms with Gasteiger partial charge in [-0.2, -0.15) is 5.10 Å². The molecule has 2 aromatic heterocycles. The van der Waals surface area contributed by atoms with Gasteiger partial charge in [-0.25, -0.2) is 5.43 Å². The largest absolute Gasteiger partial charge is 0.359 e. The van der Waals surface area contributed by atoms with Crippen LogP contribution in [0.5, 0.6) is 0 Å². The molecule has 2 aromatic rings. The molecule has 3 heterocycles. The Kier molecular flexibility index (Phi) is 5.04. The molecule has 3 N–H and O–H groups in total. The molecule has 130 valence electrons. The van der Waals surface area contributed by atoms with Gasteiger partial charge in [0.25, 0.3) is 5.91 Å². The van der Waals surface area contributed by atoms with Gasteiger partial charge in [0, 0.05) is 23.8 Å². The number of carbonyl (C=O) groups excluding carboxylic acids is 1. The van der Waals surface area contributed by atoms with Crippen LogP contribution in [0.3, 0.4) is 0 Å². The standard InChI is InChI=1S/C18H22N6O/c1-4-19-6-5-13-11(2)15(22-12(13)3)9-14-17(23-24-18(14)25)16-10-20-7-8-21-16/h7-10,19,22H,4-6H2,1-3H3,(H,24,25). The van der Waals surface area contributed by atoms with Crippen LogP contribution < -0.4 is 10.7 Å². The second kappa shape index (κ2) is 7.40. The van der Waals surface area contributed by atoms with Gasteiger partial charge in [0.1, 0.15) is 11.4 Å². The number of nitrogens with one attached hydrogen (secondary N) is 3. The minimum atomic E-state index is -0.235. The Morgan fingerprint density at radius 2 is 2.12 bits per heavy atom.